The fraction of sp³-hybridized carbons (Fsp3) is 0.556. The zero-order chi connectivity index (χ0) is 19.2. The minimum atomic E-state index is -3.55. The summed E-state index contributed by atoms with van der Waals surface area (Å²) in [5.41, 5.74) is 0.930. The van der Waals surface area contributed by atoms with Gasteiger partial charge in [-0.3, -0.25) is 13.9 Å². The second kappa shape index (κ2) is 9.02. The van der Waals surface area contributed by atoms with Crippen LogP contribution in [0.15, 0.2) is 24.3 Å². The lowest BCUT2D eigenvalue weighted by Crippen LogP contribution is -2.39. The van der Waals surface area contributed by atoms with Gasteiger partial charge in [0.1, 0.15) is 0 Å². The molecule has 2 N–H and O–H groups in total. The molecule has 0 radical (unpaired) electrons. The Bertz CT molecular complexity index is 743. The Balaban J connectivity index is 2.03. The highest BCUT2D eigenvalue weighted by atomic mass is 32.2. The van der Waals surface area contributed by atoms with Gasteiger partial charge in [0.05, 0.1) is 11.9 Å². The largest absolute Gasteiger partial charge is 0.353 e. The van der Waals surface area contributed by atoms with Crippen LogP contribution >= 0.6 is 0 Å². The highest BCUT2D eigenvalue weighted by molar-refractivity contribution is 7.92. The van der Waals surface area contributed by atoms with Crippen molar-refractivity contribution in [2.45, 2.75) is 51.5 Å². The minimum Gasteiger partial charge on any atom is -0.353 e. The van der Waals surface area contributed by atoms with Crippen LogP contribution in [0.3, 0.4) is 0 Å². The summed E-state index contributed by atoms with van der Waals surface area (Å²) in [6.07, 6.45) is 6.62. The molecule has 2 rings (SSSR count). The first-order valence-corrected chi connectivity index (χ1v) is 10.8. The number of sulfonamides is 1. The number of anilines is 2. The van der Waals surface area contributed by atoms with E-state index < -0.39 is 10.0 Å². The van der Waals surface area contributed by atoms with Crippen LogP contribution < -0.4 is 14.9 Å². The van der Waals surface area contributed by atoms with Crippen LogP contribution in [0.5, 0.6) is 0 Å². The van der Waals surface area contributed by atoms with Crippen LogP contribution in [-0.4, -0.2) is 39.1 Å². The number of amides is 2. The second-order valence-corrected chi connectivity index (χ2v) is 8.63. The van der Waals surface area contributed by atoms with Gasteiger partial charge in [0.2, 0.25) is 21.8 Å². The SMILES string of the molecule is CC(=O)Nc1cccc(N(CCC(=O)NC2CCCCC2)S(C)(=O)=O)c1. The number of carbonyl (C=O) groups excluding carboxylic acids is 2. The Kier molecular flexibility index (Phi) is 7.02. The van der Waals surface area contributed by atoms with E-state index in [0.29, 0.717) is 11.4 Å². The zero-order valence-electron chi connectivity index (χ0n) is 15.3. The van der Waals surface area contributed by atoms with Gasteiger partial charge in [0.15, 0.2) is 0 Å². The van der Waals surface area contributed by atoms with Gasteiger partial charge in [-0.25, -0.2) is 8.42 Å². The molecular weight excluding hydrogens is 354 g/mol. The van der Waals surface area contributed by atoms with E-state index >= 15 is 0 Å². The van der Waals surface area contributed by atoms with Crippen molar-refractivity contribution in [3.05, 3.63) is 24.3 Å². The number of nitrogens with zero attached hydrogens (tertiary/aromatic N) is 1. The number of rotatable bonds is 7. The normalized spacial score (nSPS) is 15.3. The predicted octanol–water partition coefficient (Wildman–Crippen LogP) is 2.25. The van der Waals surface area contributed by atoms with Crippen LogP contribution in [0.2, 0.25) is 0 Å². The van der Waals surface area contributed by atoms with E-state index in [1.54, 1.807) is 24.3 Å². The van der Waals surface area contributed by atoms with E-state index in [1.807, 2.05) is 0 Å². The maximum atomic E-state index is 12.2. The molecule has 2 amide bonds. The molecule has 1 aromatic rings. The first-order chi connectivity index (χ1) is 12.3. The molecule has 1 fully saturated rings. The van der Waals surface area contributed by atoms with Crippen LogP contribution in [0, 0.1) is 0 Å². The van der Waals surface area contributed by atoms with Crippen molar-refractivity contribution in [1.82, 2.24) is 5.32 Å². The minimum absolute atomic E-state index is 0.0565. The van der Waals surface area contributed by atoms with Crippen LogP contribution in [0.25, 0.3) is 0 Å². The summed E-state index contributed by atoms with van der Waals surface area (Å²) in [4.78, 5) is 23.4. The van der Waals surface area contributed by atoms with E-state index in [1.165, 1.54) is 17.6 Å². The monoisotopic (exact) mass is 381 g/mol. The Hall–Kier alpha value is -2.09. The first kappa shape index (κ1) is 20.2. The van der Waals surface area contributed by atoms with Crippen molar-refractivity contribution in [2.24, 2.45) is 0 Å². The molecule has 0 aliphatic heterocycles. The molecule has 26 heavy (non-hydrogen) atoms. The molecule has 0 spiro atoms. The molecule has 0 atom stereocenters. The molecule has 0 unspecified atom stereocenters. The summed E-state index contributed by atoms with van der Waals surface area (Å²) in [6.45, 7) is 1.44. The average Bonchev–Trinajstić information content (AvgIpc) is 2.54. The van der Waals surface area contributed by atoms with Gasteiger partial charge in [0.25, 0.3) is 0 Å². The molecule has 1 aromatic carbocycles. The summed E-state index contributed by atoms with van der Waals surface area (Å²) in [5.74, 6) is -0.372. The van der Waals surface area contributed by atoms with Gasteiger partial charge in [0, 0.05) is 31.6 Å². The molecule has 0 saturated heterocycles. The van der Waals surface area contributed by atoms with Gasteiger partial charge < -0.3 is 10.6 Å². The molecule has 0 aromatic heterocycles. The Labute approximate surface area is 155 Å². The quantitative estimate of drug-likeness (QED) is 0.757. The fourth-order valence-electron chi connectivity index (χ4n) is 3.18. The van der Waals surface area contributed by atoms with Gasteiger partial charge in [-0.2, -0.15) is 0 Å². The van der Waals surface area contributed by atoms with Crippen molar-refractivity contribution in [2.75, 3.05) is 22.4 Å². The highest BCUT2D eigenvalue weighted by Gasteiger charge is 2.21. The molecule has 1 aliphatic carbocycles. The van der Waals surface area contributed by atoms with Crippen LogP contribution in [-0.2, 0) is 19.6 Å². The summed E-state index contributed by atoms with van der Waals surface area (Å²) in [7, 11) is -3.55. The molecule has 1 aliphatic rings. The number of carbonyl (C=O) groups is 2. The lowest BCUT2D eigenvalue weighted by Gasteiger charge is -2.25. The lowest BCUT2D eigenvalue weighted by atomic mass is 9.95. The number of benzene rings is 1. The van der Waals surface area contributed by atoms with Crippen molar-refractivity contribution in [3.63, 3.8) is 0 Å². The van der Waals surface area contributed by atoms with Gasteiger partial charge >= 0.3 is 0 Å². The Morgan fingerprint density at radius 2 is 1.88 bits per heavy atom. The molecule has 144 valence electrons. The summed E-state index contributed by atoms with van der Waals surface area (Å²) >= 11 is 0. The third-order valence-corrected chi connectivity index (χ3v) is 5.56. The van der Waals surface area contributed by atoms with E-state index in [-0.39, 0.29) is 30.8 Å². The highest BCUT2D eigenvalue weighted by Crippen LogP contribution is 2.22. The predicted molar refractivity (Wildman–Crippen MR) is 103 cm³/mol. The van der Waals surface area contributed by atoms with E-state index in [9.17, 15) is 18.0 Å². The van der Waals surface area contributed by atoms with E-state index in [2.05, 4.69) is 10.6 Å². The van der Waals surface area contributed by atoms with Crippen molar-refractivity contribution < 1.29 is 18.0 Å². The number of hydrogen-bond acceptors (Lipinski definition) is 4. The molecule has 1 saturated carbocycles. The van der Waals surface area contributed by atoms with Crippen molar-refractivity contribution in [3.8, 4) is 0 Å². The molecule has 8 heteroatoms. The number of nitrogens with one attached hydrogen (secondary N) is 2. The number of hydrogen-bond donors (Lipinski definition) is 2. The van der Waals surface area contributed by atoms with Gasteiger partial charge in [-0.1, -0.05) is 25.3 Å². The zero-order valence-corrected chi connectivity index (χ0v) is 16.1. The van der Waals surface area contributed by atoms with Crippen molar-refractivity contribution in [1.29, 1.82) is 0 Å². The fourth-order valence-corrected chi connectivity index (χ4v) is 4.10. The third-order valence-electron chi connectivity index (χ3n) is 4.37. The smallest absolute Gasteiger partial charge is 0.232 e. The molecule has 7 nitrogen and oxygen atoms in total. The van der Waals surface area contributed by atoms with E-state index in [0.717, 1.165) is 31.9 Å². The maximum absolute atomic E-state index is 12.2. The molecular formula is C18H27N3O4S. The summed E-state index contributed by atoms with van der Waals surface area (Å²) in [6, 6.07) is 6.78. The Morgan fingerprint density at radius 1 is 1.19 bits per heavy atom. The van der Waals surface area contributed by atoms with Gasteiger partial charge in [-0.15, -0.1) is 0 Å². The maximum Gasteiger partial charge on any atom is 0.232 e. The Morgan fingerprint density at radius 3 is 2.50 bits per heavy atom. The average molecular weight is 381 g/mol. The molecule has 0 bridgehead atoms. The standard InChI is InChI=1S/C18H27N3O4S/c1-14(22)19-16-9-6-10-17(13-16)21(26(2,24)25)12-11-18(23)20-15-7-4-3-5-8-15/h6,9-10,13,15H,3-5,7-8,11-12H2,1-2H3,(H,19,22)(H,20,23). The van der Waals surface area contributed by atoms with Crippen molar-refractivity contribution >= 4 is 33.2 Å². The first-order valence-electron chi connectivity index (χ1n) is 8.90. The second-order valence-electron chi connectivity index (χ2n) is 6.72. The third kappa shape index (κ3) is 6.33. The lowest BCUT2D eigenvalue weighted by molar-refractivity contribution is -0.121. The van der Waals surface area contributed by atoms with Crippen LogP contribution in [0.4, 0.5) is 11.4 Å². The van der Waals surface area contributed by atoms with E-state index in [4.69, 9.17) is 0 Å². The topological polar surface area (TPSA) is 95.6 Å². The summed E-state index contributed by atoms with van der Waals surface area (Å²) < 4.78 is 25.5. The molecule has 0 heterocycles. The van der Waals surface area contributed by atoms with Gasteiger partial charge in [-0.05, 0) is 31.0 Å². The van der Waals surface area contributed by atoms with Crippen LogP contribution in [0.1, 0.15) is 45.4 Å². The summed E-state index contributed by atoms with van der Waals surface area (Å²) in [5, 5.41) is 5.63.